The molecule has 0 amide bonds. The van der Waals surface area contributed by atoms with E-state index in [4.69, 9.17) is 19.9 Å². The Morgan fingerprint density at radius 2 is 0.711 bits per heavy atom. The molecule has 0 saturated heterocycles. The summed E-state index contributed by atoms with van der Waals surface area (Å²) in [5, 5.41) is 9.86. The Balaban J connectivity index is 0.956. The minimum atomic E-state index is 0.558. The molecule has 0 saturated carbocycles. The summed E-state index contributed by atoms with van der Waals surface area (Å²) >= 11 is 3.70. The highest BCUT2D eigenvalue weighted by atomic mass is 32.1. The minimum Gasteiger partial charge on any atom is -0.309 e. The van der Waals surface area contributed by atoms with Crippen molar-refractivity contribution in [2.45, 2.75) is 0 Å². The number of fused-ring (bicyclic) bond motifs is 14. The van der Waals surface area contributed by atoms with Crippen molar-refractivity contribution in [1.82, 2.24) is 29.1 Å². The Morgan fingerprint density at radius 1 is 0.289 bits per heavy atom. The second-order valence-electron chi connectivity index (χ2n) is 19.3. The van der Waals surface area contributed by atoms with Crippen LogP contribution in [0.25, 0.3) is 152 Å². The molecule has 0 aliphatic heterocycles. The number of hydrogen-bond acceptors (Lipinski definition) is 6. The molecule has 16 rings (SSSR count). The van der Waals surface area contributed by atoms with Crippen LogP contribution in [0.5, 0.6) is 0 Å². The average Bonchev–Trinajstić information content (AvgIpc) is 4.30. The summed E-state index contributed by atoms with van der Waals surface area (Å²) in [7, 11) is 0. The van der Waals surface area contributed by atoms with E-state index in [1.807, 2.05) is 59.1 Å². The topological polar surface area (TPSA) is 61.4 Å². The minimum absolute atomic E-state index is 0.558. The summed E-state index contributed by atoms with van der Waals surface area (Å²) in [5.41, 5.74) is 13.6. The van der Waals surface area contributed by atoms with Crippen LogP contribution < -0.4 is 0 Å². The Labute approximate surface area is 443 Å². The highest BCUT2D eigenvalue weighted by molar-refractivity contribution is 7.27. The second kappa shape index (κ2) is 17.0. The fourth-order valence-electron chi connectivity index (χ4n) is 11.7. The third-order valence-electron chi connectivity index (χ3n) is 15.0. The Hall–Kier alpha value is -9.60. The lowest BCUT2D eigenvalue weighted by Gasteiger charge is -2.14. The van der Waals surface area contributed by atoms with Crippen molar-refractivity contribution in [3.8, 4) is 67.9 Å². The molecule has 10 aromatic carbocycles. The fourth-order valence-corrected chi connectivity index (χ4v) is 14.4. The summed E-state index contributed by atoms with van der Waals surface area (Å²) < 4.78 is 9.68. The van der Waals surface area contributed by atoms with E-state index < -0.39 is 0 Å². The van der Waals surface area contributed by atoms with Crippen LogP contribution in [0.2, 0.25) is 0 Å². The van der Waals surface area contributed by atoms with E-state index in [9.17, 15) is 0 Å². The molecule has 0 aliphatic rings. The van der Waals surface area contributed by atoms with Crippen LogP contribution in [-0.4, -0.2) is 29.1 Å². The molecule has 0 radical (unpaired) electrons. The summed E-state index contributed by atoms with van der Waals surface area (Å²) in [6, 6.07) is 84.2. The Kier molecular flexibility index (Phi) is 9.57. The molecule has 16 aromatic rings. The van der Waals surface area contributed by atoms with E-state index >= 15 is 0 Å². The second-order valence-corrected chi connectivity index (χ2v) is 21.3. The summed E-state index contributed by atoms with van der Waals surface area (Å²) in [5.74, 6) is 1.76. The molecule has 6 nitrogen and oxygen atoms in total. The first-order valence-electron chi connectivity index (χ1n) is 25.5. The Morgan fingerprint density at radius 3 is 1.24 bits per heavy atom. The lowest BCUT2D eigenvalue weighted by molar-refractivity contribution is 1.07. The normalized spacial score (nSPS) is 11.9. The third-order valence-corrected chi connectivity index (χ3v) is 17.6. The highest BCUT2D eigenvalue weighted by Gasteiger charge is 2.25. The summed E-state index contributed by atoms with van der Waals surface area (Å²) in [4.78, 5) is 21.5. The van der Waals surface area contributed by atoms with Gasteiger partial charge in [-0.3, -0.25) is 4.98 Å². The molecular formula is C68H40N6S2. The van der Waals surface area contributed by atoms with Crippen molar-refractivity contribution in [3.05, 3.63) is 243 Å². The smallest absolute Gasteiger partial charge is 0.166 e. The van der Waals surface area contributed by atoms with Crippen molar-refractivity contribution >= 4 is 107 Å². The predicted molar refractivity (Wildman–Crippen MR) is 319 cm³/mol. The third kappa shape index (κ3) is 6.51. The van der Waals surface area contributed by atoms with E-state index in [0.29, 0.717) is 17.5 Å². The lowest BCUT2D eigenvalue weighted by atomic mass is 9.97. The van der Waals surface area contributed by atoms with Crippen molar-refractivity contribution in [2.24, 2.45) is 0 Å². The SMILES string of the molecule is c1ccc(-c2nc(-c3ccccc3)nc(-c3cc(-c4cccc5c4sc4c5ccc5c4c4ccccc4n5-c4ccccc4)cnc3-c3cccc4c3sc3c4ccc4c3c3ccccc3n4-c3ccccc3)n2)cc1. The van der Waals surface area contributed by atoms with E-state index in [-0.39, 0.29) is 0 Å². The fraction of sp³-hybridized carbons (Fsp3) is 0. The van der Waals surface area contributed by atoms with Crippen LogP contribution in [0.1, 0.15) is 0 Å². The number of nitrogens with zero attached hydrogens (tertiary/aromatic N) is 6. The molecule has 0 unspecified atom stereocenters. The van der Waals surface area contributed by atoms with E-state index in [1.165, 1.54) is 79.3 Å². The number of aromatic nitrogens is 6. The van der Waals surface area contributed by atoms with Gasteiger partial charge in [0, 0.05) is 113 Å². The van der Waals surface area contributed by atoms with Gasteiger partial charge < -0.3 is 9.13 Å². The van der Waals surface area contributed by atoms with Gasteiger partial charge in [-0.15, -0.1) is 22.7 Å². The average molecular weight is 1010 g/mol. The van der Waals surface area contributed by atoms with Gasteiger partial charge in [-0.25, -0.2) is 15.0 Å². The molecule has 0 spiro atoms. The van der Waals surface area contributed by atoms with Crippen LogP contribution in [0.3, 0.4) is 0 Å². The zero-order valence-corrected chi connectivity index (χ0v) is 42.2. The molecule has 8 heteroatoms. The maximum Gasteiger partial charge on any atom is 0.166 e. The van der Waals surface area contributed by atoms with Crippen LogP contribution in [0.4, 0.5) is 0 Å². The van der Waals surface area contributed by atoms with Crippen molar-refractivity contribution in [1.29, 1.82) is 0 Å². The van der Waals surface area contributed by atoms with Crippen LogP contribution in [0, 0.1) is 0 Å². The molecule has 0 bridgehead atoms. The van der Waals surface area contributed by atoms with Crippen molar-refractivity contribution in [3.63, 3.8) is 0 Å². The largest absolute Gasteiger partial charge is 0.309 e. The molecule has 0 N–H and O–H groups in total. The zero-order valence-electron chi connectivity index (χ0n) is 40.6. The van der Waals surface area contributed by atoms with Gasteiger partial charge in [0.15, 0.2) is 17.5 Å². The van der Waals surface area contributed by atoms with Crippen LogP contribution in [-0.2, 0) is 0 Å². The van der Waals surface area contributed by atoms with E-state index in [1.54, 1.807) is 0 Å². The first-order chi connectivity index (χ1) is 37.7. The number of pyridine rings is 1. The van der Waals surface area contributed by atoms with Gasteiger partial charge in [0.1, 0.15) is 0 Å². The molecule has 76 heavy (non-hydrogen) atoms. The number of hydrogen-bond donors (Lipinski definition) is 0. The highest BCUT2D eigenvalue weighted by Crippen LogP contribution is 2.49. The van der Waals surface area contributed by atoms with Gasteiger partial charge in [-0.1, -0.05) is 182 Å². The maximum absolute atomic E-state index is 5.57. The first-order valence-corrected chi connectivity index (χ1v) is 27.1. The summed E-state index contributed by atoms with van der Waals surface area (Å²) in [6.45, 7) is 0. The number of thiophene rings is 2. The molecule has 0 aliphatic carbocycles. The quantitative estimate of drug-likeness (QED) is 0.160. The molecule has 0 atom stereocenters. The zero-order chi connectivity index (χ0) is 49.8. The number of benzene rings is 10. The number of rotatable bonds is 7. The Bertz CT molecular complexity index is 4920. The van der Waals surface area contributed by atoms with Gasteiger partial charge in [0.25, 0.3) is 0 Å². The lowest BCUT2D eigenvalue weighted by Crippen LogP contribution is -2.02. The van der Waals surface area contributed by atoms with Crippen molar-refractivity contribution < 1.29 is 0 Å². The van der Waals surface area contributed by atoms with Gasteiger partial charge in [-0.05, 0) is 54.6 Å². The monoisotopic (exact) mass is 1000 g/mol. The molecular weight excluding hydrogens is 965 g/mol. The summed E-state index contributed by atoms with van der Waals surface area (Å²) in [6.07, 6.45) is 2.06. The van der Waals surface area contributed by atoms with E-state index in [0.717, 1.165) is 55.1 Å². The van der Waals surface area contributed by atoms with Crippen molar-refractivity contribution in [2.75, 3.05) is 0 Å². The van der Waals surface area contributed by atoms with Gasteiger partial charge in [-0.2, -0.15) is 0 Å². The van der Waals surface area contributed by atoms with E-state index in [2.05, 4.69) is 216 Å². The number of para-hydroxylation sites is 4. The van der Waals surface area contributed by atoms with Crippen LogP contribution in [0.15, 0.2) is 243 Å². The van der Waals surface area contributed by atoms with Gasteiger partial charge >= 0.3 is 0 Å². The predicted octanol–water partition coefficient (Wildman–Crippen LogP) is 18.5. The standard InChI is InChI=1S/C68H40N6S2/c1-5-19-41(20-6-1)66-70-67(42-21-7-2-8-22-42)72-68(71-66)54-39-43(46-29-17-30-47-49-35-37-57-59(64(49)75-62(46)47)51-27-13-15-33-55(51)73(57)44-23-9-3-10-24-44)40-69-61(54)53-32-18-31-48-50-36-38-58-60(65(50)76-63(48)53)52-28-14-16-34-56(52)74(58)45-25-11-4-12-26-45/h1-40H. The van der Waals surface area contributed by atoms with Gasteiger partial charge in [0.05, 0.1) is 27.8 Å². The molecule has 6 heterocycles. The molecule has 0 fully saturated rings. The first kappa shape index (κ1) is 42.9. The molecule has 354 valence electrons. The molecule has 6 aromatic heterocycles. The maximum atomic E-state index is 5.57. The van der Waals surface area contributed by atoms with Gasteiger partial charge in [0.2, 0.25) is 0 Å². The van der Waals surface area contributed by atoms with Crippen LogP contribution >= 0.6 is 22.7 Å².